The lowest BCUT2D eigenvalue weighted by Crippen LogP contribution is -2.26. The van der Waals surface area contributed by atoms with E-state index >= 15 is 0 Å². The maximum Gasteiger partial charge on any atom is 0.123 e. The zero-order valence-electron chi connectivity index (χ0n) is 11.9. The monoisotopic (exact) mass is 286 g/mol. The van der Waals surface area contributed by atoms with Crippen LogP contribution in [-0.2, 0) is 6.54 Å². The van der Waals surface area contributed by atoms with Crippen molar-refractivity contribution in [3.05, 3.63) is 48.0 Å². The van der Waals surface area contributed by atoms with Crippen LogP contribution in [0.25, 0.3) is 5.69 Å². The predicted octanol–water partition coefficient (Wildman–Crippen LogP) is 1.66. The van der Waals surface area contributed by atoms with Gasteiger partial charge in [0, 0.05) is 25.8 Å². The van der Waals surface area contributed by atoms with Gasteiger partial charge in [0.15, 0.2) is 0 Å². The zero-order valence-corrected chi connectivity index (χ0v) is 11.9. The van der Waals surface area contributed by atoms with E-state index < -0.39 is 0 Å². The van der Waals surface area contributed by atoms with Crippen molar-refractivity contribution in [3.8, 4) is 5.69 Å². The maximum atomic E-state index is 13.0. The van der Waals surface area contributed by atoms with Crippen LogP contribution in [0.5, 0.6) is 0 Å². The summed E-state index contributed by atoms with van der Waals surface area (Å²) >= 11 is 0. The lowest BCUT2D eigenvalue weighted by atomic mass is 10.0. The summed E-state index contributed by atoms with van der Waals surface area (Å²) in [4.78, 5) is 2.51. The first-order chi connectivity index (χ1) is 10.3. The van der Waals surface area contributed by atoms with Crippen molar-refractivity contribution in [1.82, 2.24) is 20.0 Å². The first-order valence-electron chi connectivity index (χ1n) is 7.51. The Morgan fingerprint density at radius 1 is 1.10 bits per heavy atom. The SMILES string of the molecule is Fc1ccc(-n2nccc2CN2C[C@H]3CNC[C@H]3C2)cc1. The molecule has 0 amide bonds. The summed E-state index contributed by atoms with van der Waals surface area (Å²) in [5, 5.41) is 7.85. The van der Waals surface area contributed by atoms with Gasteiger partial charge in [-0.15, -0.1) is 0 Å². The average molecular weight is 286 g/mol. The van der Waals surface area contributed by atoms with Crippen LogP contribution in [-0.4, -0.2) is 40.9 Å². The minimum atomic E-state index is -0.215. The second-order valence-corrected chi connectivity index (χ2v) is 6.08. The molecule has 4 rings (SSSR count). The Morgan fingerprint density at radius 2 is 1.81 bits per heavy atom. The van der Waals surface area contributed by atoms with Gasteiger partial charge in [-0.3, -0.25) is 4.90 Å². The van der Waals surface area contributed by atoms with Crippen LogP contribution in [0.1, 0.15) is 5.69 Å². The molecule has 1 aromatic carbocycles. The Morgan fingerprint density at radius 3 is 2.52 bits per heavy atom. The number of halogens is 1. The van der Waals surface area contributed by atoms with Crippen LogP contribution in [0.15, 0.2) is 36.5 Å². The molecule has 2 atom stereocenters. The molecule has 0 unspecified atom stereocenters. The molecule has 5 heteroatoms. The first kappa shape index (κ1) is 13.0. The molecule has 2 fully saturated rings. The number of likely N-dealkylation sites (tertiary alicyclic amines) is 1. The second-order valence-electron chi connectivity index (χ2n) is 6.08. The van der Waals surface area contributed by atoms with Gasteiger partial charge in [-0.1, -0.05) is 0 Å². The highest BCUT2D eigenvalue weighted by molar-refractivity contribution is 5.32. The number of benzene rings is 1. The van der Waals surface area contributed by atoms with Gasteiger partial charge >= 0.3 is 0 Å². The fourth-order valence-corrected chi connectivity index (χ4v) is 3.58. The predicted molar refractivity (Wildman–Crippen MR) is 78.6 cm³/mol. The molecule has 21 heavy (non-hydrogen) atoms. The third-order valence-electron chi connectivity index (χ3n) is 4.64. The number of fused-ring (bicyclic) bond motifs is 1. The highest BCUT2D eigenvalue weighted by atomic mass is 19.1. The maximum absolute atomic E-state index is 13.0. The Kier molecular flexibility index (Phi) is 3.24. The fourth-order valence-electron chi connectivity index (χ4n) is 3.58. The van der Waals surface area contributed by atoms with Crippen molar-refractivity contribution >= 4 is 0 Å². The molecular weight excluding hydrogens is 267 g/mol. The van der Waals surface area contributed by atoms with Gasteiger partial charge in [0.05, 0.1) is 11.4 Å². The molecule has 2 saturated heterocycles. The van der Waals surface area contributed by atoms with E-state index in [0.717, 1.165) is 55.9 Å². The highest BCUT2D eigenvalue weighted by Crippen LogP contribution is 2.27. The molecule has 0 bridgehead atoms. The van der Waals surface area contributed by atoms with E-state index in [4.69, 9.17) is 0 Å². The summed E-state index contributed by atoms with van der Waals surface area (Å²) in [6, 6.07) is 8.55. The summed E-state index contributed by atoms with van der Waals surface area (Å²) in [5.74, 6) is 1.38. The second kappa shape index (κ2) is 5.24. The van der Waals surface area contributed by atoms with E-state index in [0.29, 0.717) is 0 Å². The van der Waals surface area contributed by atoms with Crippen LogP contribution in [0, 0.1) is 17.7 Å². The molecule has 1 aromatic heterocycles. The Balaban J connectivity index is 1.51. The molecule has 110 valence electrons. The molecule has 1 N–H and O–H groups in total. The van der Waals surface area contributed by atoms with Crippen molar-refractivity contribution < 1.29 is 4.39 Å². The zero-order chi connectivity index (χ0) is 14.2. The van der Waals surface area contributed by atoms with Crippen molar-refractivity contribution in [2.75, 3.05) is 26.2 Å². The summed E-state index contributed by atoms with van der Waals surface area (Å²) in [7, 11) is 0. The quantitative estimate of drug-likeness (QED) is 0.931. The lowest BCUT2D eigenvalue weighted by molar-refractivity contribution is 0.299. The average Bonchev–Trinajstić information content (AvgIpc) is 3.16. The van der Waals surface area contributed by atoms with E-state index in [1.54, 1.807) is 12.1 Å². The summed E-state index contributed by atoms with van der Waals surface area (Å²) in [5.41, 5.74) is 2.08. The molecular formula is C16H19FN4. The molecule has 4 nitrogen and oxygen atoms in total. The standard InChI is InChI=1S/C16H19FN4/c17-14-1-3-15(4-2-14)21-16(5-6-19-21)11-20-9-12-7-18-8-13(12)10-20/h1-6,12-13,18H,7-11H2/t12-,13+. The Labute approximate surface area is 123 Å². The normalized spacial score (nSPS) is 25.4. The van der Waals surface area contributed by atoms with E-state index in [-0.39, 0.29) is 5.82 Å². The van der Waals surface area contributed by atoms with Gasteiger partial charge in [0.25, 0.3) is 0 Å². The minimum Gasteiger partial charge on any atom is -0.316 e. The molecule has 2 aliphatic rings. The Hall–Kier alpha value is -1.72. The van der Waals surface area contributed by atoms with Crippen molar-refractivity contribution in [2.45, 2.75) is 6.54 Å². The number of aromatic nitrogens is 2. The molecule has 2 aromatic rings. The third kappa shape index (κ3) is 2.47. The van der Waals surface area contributed by atoms with E-state index in [1.807, 2.05) is 10.9 Å². The van der Waals surface area contributed by atoms with Gasteiger partial charge in [-0.25, -0.2) is 9.07 Å². The molecule has 2 aliphatic heterocycles. The summed E-state index contributed by atoms with van der Waals surface area (Å²) in [6.07, 6.45) is 1.82. The summed E-state index contributed by atoms with van der Waals surface area (Å²) < 4.78 is 15.0. The van der Waals surface area contributed by atoms with Crippen LogP contribution >= 0.6 is 0 Å². The molecule has 3 heterocycles. The topological polar surface area (TPSA) is 33.1 Å². The van der Waals surface area contributed by atoms with E-state index in [1.165, 1.54) is 12.1 Å². The molecule has 0 spiro atoms. The van der Waals surface area contributed by atoms with Gasteiger partial charge in [0.1, 0.15) is 5.82 Å². The van der Waals surface area contributed by atoms with Crippen LogP contribution < -0.4 is 5.32 Å². The van der Waals surface area contributed by atoms with Crippen molar-refractivity contribution in [2.24, 2.45) is 11.8 Å². The summed E-state index contributed by atoms with van der Waals surface area (Å²) in [6.45, 7) is 5.53. The van der Waals surface area contributed by atoms with Gasteiger partial charge in [0.2, 0.25) is 0 Å². The fraction of sp³-hybridized carbons (Fsp3) is 0.438. The van der Waals surface area contributed by atoms with Crippen LogP contribution in [0.3, 0.4) is 0 Å². The molecule has 0 saturated carbocycles. The molecule has 0 radical (unpaired) electrons. The third-order valence-corrected chi connectivity index (χ3v) is 4.64. The molecule has 0 aliphatic carbocycles. The number of hydrogen-bond donors (Lipinski definition) is 1. The lowest BCUT2D eigenvalue weighted by Gasteiger charge is -2.17. The highest BCUT2D eigenvalue weighted by Gasteiger charge is 2.36. The van der Waals surface area contributed by atoms with E-state index in [2.05, 4.69) is 21.4 Å². The number of nitrogens with zero attached hydrogens (tertiary/aromatic N) is 3. The van der Waals surface area contributed by atoms with Gasteiger partial charge < -0.3 is 5.32 Å². The minimum absolute atomic E-state index is 0.215. The number of rotatable bonds is 3. The number of nitrogens with one attached hydrogen (secondary N) is 1. The Bertz CT molecular complexity index is 609. The largest absolute Gasteiger partial charge is 0.316 e. The van der Waals surface area contributed by atoms with Gasteiger partial charge in [-0.05, 0) is 55.3 Å². The van der Waals surface area contributed by atoms with Crippen molar-refractivity contribution in [3.63, 3.8) is 0 Å². The smallest absolute Gasteiger partial charge is 0.123 e. The first-order valence-corrected chi connectivity index (χ1v) is 7.51. The van der Waals surface area contributed by atoms with Crippen molar-refractivity contribution in [1.29, 1.82) is 0 Å². The van der Waals surface area contributed by atoms with Crippen LogP contribution in [0.4, 0.5) is 4.39 Å². The van der Waals surface area contributed by atoms with Crippen LogP contribution in [0.2, 0.25) is 0 Å². The number of hydrogen-bond acceptors (Lipinski definition) is 3. The van der Waals surface area contributed by atoms with E-state index in [9.17, 15) is 4.39 Å². The van der Waals surface area contributed by atoms with Gasteiger partial charge in [-0.2, -0.15) is 5.10 Å².